The van der Waals surface area contributed by atoms with Crippen molar-refractivity contribution >= 4 is 29.2 Å². The fraction of sp³-hybridized carbons (Fsp3) is 0.500. The predicted octanol–water partition coefficient (Wildman–Crippen LogP) is 4.44. The monoisotopic (exact) mass is 306 g/mol. The average molecular weight is 307 g/mol. The molecule has 0 aromatic heterocycles. The van der Waals surface area contributed by atoms with Crippen LogP contribution in [-0.2, 0) is 0 Å². The molecule has 0 bridgehead atoms. The van der Waals surface area contributed by atoms with Crippen molar-refractivity contribution in [3.05, 3.63) is 28.2 Å². The topological polar surface area (TPSA) is 0 Å². The first-order valence-corrected chi connectivity index (χ1v) is 9.07. The molecule has 0 fully saturated rings. The molecule has 0 saturated heterocycles. The van der Waals surface area contributed by atoms with Gasteiger partial charge >= 0.3 is 0 Å². The summed E-state index contributed by atoms with van der Waals surface area (Å²) in [5.74, 6) is -0.770. The normalized spacial score (nSPS) is 11.9. The first-order chi connectivity index (χ1) is 7.50. The molecule has 1 rings (SSSR count). The molecule has 0 heterocycles. The molecule has 0 unspecified atom stereocenters. The van der Waals surface area contributed by atoms with Crippen molar-refractivity contribution in [2.24, 2.45) is 0 Å². The van der Waals surface area contributed by atoms with Crippen LogP contribution in [0.3, 0.4) is 0 Å². The van der Waals surface area contributed by atoms with Gasteiger partial charge in [-0.1, -0.05) is 54.8 Å². The SMILES string of the molecule is CC[Si](CC)(CC)c1c(F)cc(Br)cc1F. The van der Waals surface area contributed by atoms with Crippen molar-refractivity contribution in [3.8, 4) is 0 Å². The summed E-state index contributed by atoms with van der Waals surface area (Å²) >= 11 is 3.12. The number of rotatable bonds is 4. The van der Waals surface area contributed by atoms with Crippen molar-refractivity contribution in [1.82, 2.24) is 0 Å². The van der Waals surface area contributed by atoms with E-state index in [4.69, 9.17) is 0 Å². The van der Waals surface area contributed by atoms with Crippen molar-refractivity contribution in [2.45, 2.75) is 38.9 Å². The second-order valence-electron chi connectivity index (χ2n) is 4.09. The van der Waals surface area contributed by atoms with Gasteiger partial charge in [-0.3, -0.25) is 0 Å². The van der Waals surface area contributed by atoms with Gasteiger partial charge in [0.15, 0.2) is 0 Å². The standard InChI is InChI=1S/C12H17BrF2Si/c1-4-16(5-2,6-3)12-10(14)7-9(13)8-11(12)15/h7-8H,4-6H2,1-3H3. The van der Waals surface area contributed by atoms with E-state index in [1.807, 2.05) is 20.8 Å². The van der Waals surface area contributed by atoms with Crippen LogP contribution in [0.5, 0.6) is 0 Å². The van der Waals surface area contributed by atoms with Crippen molar-refractivity contribution in [3.63, 3.8) is 0 Å². The molecular weight excluding hydrogens is 290 g/mol. The van der Waals surface area contributed by atoms with Crippen LogP contribution in [0.4, 0.5) is 8.78 Å². The number of hydrogen-bond acceptors (Lipinski definition) is 0. The van der Waals surface area contributed by atoms with Crippen LogP contribution in [0, 0.1) is 11.6 Å². The minimum atomic E-state index is -1.98. The third kappa shape index (κ3) is 2.37. The lowest BCUT2D eigenvalue weighted by atomic mass is 10.3. The van der Waals surface area contributed by atoms with Crippen LogP contribution >= 0.6 is 15.9 Å². The van der Waals surface area contributed by atoms with Crippen LogP contribution in [-0.4, -0.2) is 8.07 Å². The fourth-order valence-electron chi connectivity index (χ4n) is 2.33. The third-order valence-corrected chi connectivity index (χ3v) is 9.62. The molecule has 0 amide bonds. The molecule has 1 aromatic rings. The first-order valence-electron chi connectivity index (χ1n) is 5.65. The van der Waals surface area contributed by atoms with E-state index in [1.165, 1.54) is 12.1 Å². The molecule has 0 aliphatic carbocycles. The minimum absolute atomic E-state index is 0.378. The molecule has 0 atom stereocenters. The van der Waals surface area contributed by atoms with Gasteiger partial charge in [0.2, 0.25) is 0 Å². The zero-order valence-corrected chi connectivity index (χ0v) is 12.5. The van der Waals surface area contributed by atoms with E-state index < -0.39 is 8.07 Å². The summed E-state index contributed by atoms with van der Waals surface area (Å²) in [5, 5.41) is 0.378. The summed E-state index contributed by atoms with van der Waals surface area (Å²) in [6, 6.07) is 5.41. The third-order valence-electron chi connectivity index (χ3n) is 3.57. The Kier molecular flexibility index (Phi) is 4.68. The molecule has 0 nitrogen and oxygen atoms in total. The number of hydrogen-bond donors (Lipinski definition) is 0. The Morgan fingerprint density at radius 1 is 1.00 bits per heavy atom. The van der Waals surface area contributed by atoms with Gasteiger partial charge in [0.1, 0.15) is 11.6 Å². The smallest absolute Gasteiger partial charge is 0.126 e. The molecule has 0 spiro atoms. The Morgan fingerprint density at radius 3 is 1.69 bits per heavy atom. The maximum Gasteiger partial charge on any atom is 0.126 e. The lowest BCUT2D eigenvalue weighted by Gasteiger charge is -2.29. The summed E-state index contributed by atoms with van der Waals surface area (Å²) in [4.78, 5) is 0. The summed E-state index contributed by atoms with van der Waals surface area (Å²) in [6.07, 6.45) is 0. The molecule has 4 heteroatoms. The highest BCUT2D eigenvalue weighted by Crippen LogP contribution is 2.24. The van der Waals surface area contributed by atoms with Gasteiger partial charge in [-0.2, -0.15) is 0 Å². The second-order valence-corrected chi connectivity index (χ2v) is 10.2. The van der Waals surface area contributed by atoms with Crippen molar-refractivity contribution < 1.29 is 8.78 Å². The Balaban J connectivity index is 3.40. The molecule has 1 aromatic carbocycles. The molecule has 0 radical (unpaired) electrons. The Bertz CT molecular complexity index is 344. The van der Waals surface area contributed by atoms with E-state index in [2.05, 4.69) is 15.9 Å². The molecule has 0 N–H and O–H groups in total. The van der Waals surface area contributed by atoms with E-state index in [1.54, 1.807) is 0 Å². The molecular formula is C12H17BrF2Si. The molecule has 16 heavy (non-hydrogen) atoms. The van der Waals surface area contributed by atoms with E-state index >= 15 is 0 Å². The maximum atomic E-state index is 13.9. The molecule has 0 aliphatic rings. The first kappa shape index (κ1) is 13.8. The summed E-state index contributed by atoms with van der Waals surface area (Å²) in [5.41, 5.74) is 0. The van der Waals surface area contributed by atoms with E-state index in [0.717, 1.165) is 18.1 Å². The molecule has 0 aliphatic heterocycles. The van der Waals surface area contributed by atoms with Crippen LogP contribution in [0.2, 0.25) is 18.1 Å². The highest BCUT2D eigenvalue weighted by Gasteiger charge is 2.34. The number of halogens is 3. The minimum Gasteiger partial charge on any atom is -0.207 e. The van der Waals surface area contributed by atoms with E-state index in [-0.39, 0.29) is 11.6 Å². The molecule has 0 saturated carbocycles. The quantitative estimate of drug-likeness (QED) is 0.721. The summed E-state index contributed by atoms with van der Waals surface area (Å²) in [6.45, 7) is 6.13. The highest BCUT2D eigenvalue weighted by molar-refractivity contribution is 9.10. The lowest BCUT2D eigenvalue weighted by molar-refractivity contribution is 0.593. The van der Waals surface area contributed by atoms with Gasteiger partial charge < -0.3 is 0 Å². The van der Waals surface area contributed by atoms with Gasteiger partial charge in [-0.15, -0.1) is 0 Å². The van der Waals surface area contributed by atoms with Crippen molar-refractivity contribution in [2.75, 3.05) is 0 Å². The average Bonchev–Trinajstić information content (AvgIpc) is 2.23. The molecule has 90 valence electrons. The Morgan fingerprint density at radius 2 is 1.38 bits per heavy atom. The Hall–Kier alpha value is -0.223. The van der Waals surface area contributed by atoms with Crippen LogP contribution in [0.15, 0.2) is 16.6 Å². The number of benzene rings is 1. The largest absolute Gasteiger partial charge is 0.207 e. The van der Waals surface area contributed by atoms with Gasteiger partial charge in [-0.25, -0.2) is 8.78 Å². The van der Waals surface area contributed by atoms with Gasteiger partial charge in [0.05, 0.1) is 8.07 Å². The van der Waals surface area contributed by atoms with Gasteiger partial charge in [0.25, 0.3) is 0 Å². The zero-order chi connectivity index (χ0) is 12.3. The predicted molar refractivity (Wildman–Crippen MR) is 70.9 cm³/mol. The summed E-state index contributed by atoms with van der Waals surface area (Å²) in [7, 11) is -1.98. The van der Waals surface area contributed by atoms with Gasteiger partial charge in [-0.05, 0) is 12.1 Å². The van der Waals surface area contributed by atoms with Crippen LogP contribution in [0.1, 0.15) is 20.8 Å². The summed E-state index contributed by atoms with van der Waals surface area (Å²) < 4.78 is 28.3. The zero-order valence-electron chi connectivity index (χ0n) is 9.91. The van der Waals surface area contributed by atoms with Crippen LogP contribution < -0.4 is 5.19 Å². The van der Waals surface area contributed by atoms with E-state index in [9.17, 15) is 8.78 Å². The highest BCUT2D eigenvalue weighted by atomic mass is 79.9. The van der Waals surface area contributed by atoms with Crippen molar-refractivity contribution in [1.29, 1.82) is 0 Å². The van der Waals surface area contributed by atoms with Gasteiger partial charge in [0, 0.05) is 9.66 Å². The Labute approximate surface area is 105 Å². The maximum absolute atomic E-state index is 13.9. The van der Waals surface area contributed by atoms with Crippen LogP contribution in [0.25, 0.3) is 0 Å². The second kappa shape index (κ2) is 5.41. The lowest BCUT2D eigenvalue weighted by Crippen LogP contribution is -2.49. The fourth-order valence-corrected chi connectivity index (χ4v) is 6.45. The van der Waals surface area contributed by atoms with E-state index in [0.29, 0.717) is 9.66 Å².